The number of hydrogen-bond acceptors (Lipinski definition) is 7. The smallest absolute Gasteiger partial charge is 0.269 e. The van der Waals surface area contributed by atoms with Crippen molar-refractivity contribution < 1.29 is 17.6 Å². The summed E-state index contributed by atoms with van der Waals surface area (Å²) >= 11 is 0. The van der Waals surface area contributed by atoms with Crippen molar-refractivity contribution >= 4 is 32.7 Å². The first-order valence-corrected chi connectivity index (χ1v) is 17.6. The fourth-order valence-corrected chi connectivity index (χ4v) is 7.71. The van der Waals surface area contributed by atoms with Crippen molar-refractivity contribution in [3.05, 3.63) is 102 Å². The maximum Gasteiger partial charge on any atom is 0.269 e. The molecule has 0 N–H and O–H groups in total. The number of fused-ring (bicyclic) bond motifs is 1. The van der Waals surface area contributed by atoms with E-state index >= 15 is 4.39 Å². The summed E-state index contributed by atoms with van der Waals surface area (Å²) in [5, 5.41) is 0.599. The number of carbonyl (C=O) groups excluding carboxylic acids is 1. The number of likely N-dealkylation sites (N-methyl/N-ethyl adjacent to an activating group) is 2. The quantitative estimate of drug-likeness (QED) is 0.237. The maximum atomic E-state index is 15.5. The number of pyridine rings is 1. The molecule has 2 aliphatic rings. The number of rotatable bonds is 7. The van der Waals surface area contributed by atoms with E-state index in [0.717, 1.165) is 37.3 Å². The normalized spacial score (nSPS) is 16.1. The zero-order chi connectivity index (χ0) is 33.7. The van der Waals surface area contributed by atoms with Crippen molar-refractivity contribution in [1.82, 2.24) is 23.7 Å². The second kappa shape index (κ2) is 12.5. The molecule has 11 heteroatoms. The fourth-order valence-electron chi connectivity index (χ4n) is 6.39. The topological polar surface area (TPSA) is 82.0 Å². The Balaban J connectivity index is 1.28. The number of likely N-dealkylation sites (tertiary alicyclic amines) is 1. The standard InChI is InChI=1S/C37H39FN6O3S/c1-25-5-12-31(13-6-25)48(46,47)44-24-33(26-7-9-27(10-8-26)37(45)43-22-30(23-43)40(2)3)32-19-29(21-39-36(32)44)28-11-14-35(34(38)20-28)42-17-15-41(4)16-18-42/h5-14,19-21,24,30H,15-18,22-23H2,1-4H3. The number of halogens is 1. The van der Waals surface area contributed by atoms with Crippen LogP contribution in [0.15, 0.2) is 90.1 Å². The Labute approximate surface area is 280 Å². The van der Waals surface area contributed by atoms with Crippen LogP contribution in [0.4, 0.5) is 10.1 Å². The third-order valence-electron chi connectivity index (χ3n) is 9.64. The second-order valence-corrected chi connectivity index (χ2v) is 14.9. The molecular weight excluding hydrogens is 628 g/mol. The minimum absolute atomic E-state index is 0.0324. The van der Waals surface area contributed by atoms with E-state index in [-0.39, 0.29) is 22.3 Å². The van der Waals surface area contributed by atoms with Crippen LogP contribution >= 0.6 is 0 Å². The van der Waals surface area contributed by atoms with Crippen molar-refractivity contribution in [2.24, 2.45) is 0 Å². The van der Waals surface area contributed by atoms with E-state index < -0.39 is 10.0 Å². The molecule has 7 rings (SSSR count). The average Bonchev–Trinajstić information content (AvgIpc) is 3.44. The molecule has 0 spiro atoms. The SMILES string of the molecule is Cc1ccc(S(=O)(=O)n2cc(-c3ccc(C(=O)N4CC(N(C)C)C4)cc3)c3cc(-c4ccc(N5CCN(C)CC5)c(F)c4)cnc32)cc1. The zero-order valence-electron chi connectivity index (χ0n) is 27.6. The Bertz CT molecular complexity index is 2100. The number of piperazine rings is 1. The minimum atomic E-state index is -4.00. The van der Waals surface area contributed by atoms with Gasteiger partial charge in [0.25, 0.3) is 15.9 Å². The lowest BCUT2D eigenvalue weighted by atomic mass is 10.00. The summed E-state index contributed by atoms with van der Waals surface area (Å²) in [6.45, 7) is 6.53. The van der Waals surface area contributed by atoms with Crippen LogP contribution in [-0.4, -0.2) is 104 Å². The molecule has 0 saturated carbocycles. The van der Waals surface area contributed by atoms with Crippen LogP contribution in [0, 0.1) is 12.7 Å². The third kappa shape index (κ3) is 5.86. The highest BCUT2D eigenvalue weighted by molar-refractivity contribution is 7.90. The summed E-state index contributed by atoms with van der Waals surface area (Å²) in [6, 6.07) is 21.4. The highest BCUT2D eigenvalue weighted by Crippen LogP contribution is 2.36. The van der Waals surface area contributed by atoms with E-state index in [1.54, 1.807) is 48.8 Å². The highest BCUT2D eigenvalue weighted by Gasteiger charge is 2.32. The van der Waals surface area contributed by atoms with Crippen LogP contribution in [-0.2, 0) is 10.0 Å². The average molecular weight is 667 g/mol. The summed E-state index contributed by atoms with van der Waals surface area (Å²) in [5.41, 5.74) is 5.04. The van der Waals surface area contributed by atoms with Gasteiger partial charge in [-0.25, -0.2) is 21.8 Å². The second-order valence-electron chi connectivity index (χ2n) is 13.1. The molecule has 0 aliphatic carbocycles. The molecule has 3 aromatic carbocycles. The predicted molar refractivity (Wildman–Crippen MR) is 187 cm³/mol. The third-order valence-corrected chi connectivity index (χ3v) is 11.3. The molecule has 5 aromatic rings. The van der Waals surface area contributed by atoms with Crippen LogP contribution in [0.2, 0.25) is 0 Å². The van der Waals surface area contributed by atoms with Crippen LogP contribution in [0.1, 0.15) is 15.9 Å². The van der Waals surface area contributed by atoms with Gasteiger partial charge in [-0.1, -0.05) is 35.9 Å². The first-order valence-electron chi connectivity index (χ1n) is 16.1. The van der Waals surface area contributed by atoms with Crippen molar-refractivity contribution in [2.45, 2.75) is 17.9 Å². The Kier molecular flexibility index (Phi) is 8.31. The van der Waals surface area contributed by atoms with Gasteiger partial charge in [-0.15, -0.1) is 0 Å². The zero-order valence-corrected chi connectivity index (χ0v) is 28.4. The molecule has 2 aromatic heterocycles. The van der Waals surface area contributed by atoms with E-state index in [4.69, 9.17) is 0 Å². The number of hydrogen-bond donors (Lipinski definition) is 0. The van der Waals surface area contributed by atoms with E-state index in [2.05, 4.69) is 26.7 Å². The Morgan fingerprint density at radius 1 is 0.875 bits per heavy atom. The molecule has 1 amide bonds. The van der Waals surface area contributed by atoms with Gasteiger partial charge < -0.3 is 19.6 Å². The molecule has 0 unspecified atom stereocenters. The molecule has 0 radical (unpaired) electrons. The lowest BCUT2D eigenvalue weighted by Crippen LogP contribution is -2.59. The molecule has 4 heterocycles. The summed E-state index contributed by atoms with van der Waals surface area (Å²) in [5.74, 6) is -0.341. The summed E-state index contributed by atoms with van der Waals surface area (Å²) in [6.07, 6.45) is 3.18. The molecule has 248 valence electrons. The number of aryl methyl sites for hydroxylation is 1. The van der Waals surface area contributed by atoms with E-state index in [0.29, 0.717) is 52.5 Å². The highest BCUT2D eigenvalue weighted by atomic mass is 32.2. The van der Waals surface area contributed by atoms with Gasteiger partial charge in [-0.05, 0) is 81.7 Å². The van der Waals surface area contributed by atoms with E-state index in [9.17, 15) is 13.2 Å². The largest absolute Gasteiger partial charge is 0.367 e. The summed E-state index contributed by atoms with van der Waals surface area (Å²) in [4.78, 5) is 26.1. The maximum absolute atomic E-state index is 15.5. The number of amides is 1. The molecule has 48 heavy (non-hydrogen) atoms. The Hall–Kier alpha value is -4.58. The van der Waals surface area contributed by atoms with Crippen molar-refractivity contribution in [3.8, 4) is 22.3 Å². The van der Waals surface area contributed by atoms with Gasteiger partial charge in [0, 0.05) is 79.8 Å². The lowest BCUT2D eigenvalue weighted by molar-refractivity contribution is 0.0399. The molecule has 2 fully saturated rings. The van der Waals surface area contributed by atoms with Gasteiger partial charge >= 0.3 is 0 Å². The summed E-state index contributed by atoms with van der Waals surface area (Å²) < 4.78 is 44.6. The van der Waals surface area contributed by atoms with Crippen LogP contribution in [0.3, 0.4) is 0 Å². The van der Waals surface area contributed by atoms with Gasteiger partial charge in [-0.2, -0.15) is 0 Å². The molecule has 0 atom stereocenters. The molecular formula is C37H39FN6O3S. The molecule has 2 aliphatic heterocycles. The minimum Gasteiger partial charge on any atom is -0.367 e. The van der Waals surface area contributed by atoms with Crippen LogP contribution in [0.5, 0.6) is 0 Å². The van der Waals surface area contributed by atoms with Crippen LogP contribution in [0.25, 0.3) is 33.3 Å². The van der Waals surface area contributed by atoms with Gasteiger partial charge in [0.05, 0.1) is 10.6 Å². The van der Waals surface area contributed by atoms with Gasteiger partial charge in [0.15, 0.2) is 5.65 Å². The summed E-state index contributed by atoms with van der Waals surface area (Å²) in [7, 11) is 2.09. The van der Waals surface area contributed by atoms with Crippen LogP contribution < -0.4 is 4.90 Å². The predicted octanol–water partition coefficient (Wildman–Crippen LogP) is 5.19. The monoisotopic (exact) mass is 666 g/mol. The van der Waals surface area contributed by atoms with Gasteiger partial charge in [0.2, 0.25) is 0 Å². The number of anilines is 1. The molecule has 0 bridgehead atoms. The molecule has 2 saturated heterocycles. The van der Waals surface area contributed by atoms with Gasteiger partial charge in [-0.3, -0.25) is 4.79 Å². The first-order chi connectivity index (χ1) is 23.0. The number of aromatic nitrogens is 2. The van der Waals surface area contributed by atoms with Crippen molar-refractivity contribution in [1.29, 1.82) is 0 Å². The Morgan fingerprint density at radius 3 is 2.19 bits per heavy atom. The van der Waals surface area contributed by atoms with Crippen molar-refractivity contribution in [2.75, 3.05) is 65.3 Å². The number of nitrogens with zero attached hydrogens (tertiary/aromatic N) is 6. The van der Waals surface area contributed by atoms with E-state index in [1.807, 2.05) is 56.3 Å². The fraction of sp³-hybridized carbons (Fsp3) is 0.297. The van der Waals surface area contributed by atoms with Crippen molar-refractivity contribution in [3.63, 3.8) is 0 Å². The Morgan fingerprint density at radius 2 is 1.54 bits per heavy atom. The number of benzene rings is 3. The number of carbonyl (C=O) groups is 1. The lowest BCUT2D eigenvalue weighted by Gasteiger charge is -2.42. The van der Waals surface area contributed by atoms with Gasteiger partial charge in [0.1, 0.15) is 5.82 Å². The molecule has 9 nitrogen and oxygen atoms in total. The van der Waals surface area contributed by atoms with E-state index in [1.165, 1.54) is 10.0 Å². The first kappa shape index (κ1) is 32.0.